The van der Waals surface area contributed by atoms with Gasteiger partial charge in [0, 0.05) is 18.2 Å². The molecule has 0 aromatic carbocycles. The summed E-state index contributed by atoms with van der Waals surface area (Å²) in [4.78, 5) is 10.5. The number of hydrogen-bond donors (Lipinski definition) is 0. The molecule has 0 spiro atoms. The summed E-state index contributed by atoms with van der Waals surface area (Å²) in [5.74, 6) is 0. The number of nitrogens with zero attached hydrogens (tertiary/aromatic N) is 3. The van der Waals surface area contributed by atoms with Gasteiger partial charge in [0.05, 0.1) is 11.3 Å². The van der Waals surface area contributed by atoms with E-state index in [1.807, 2.05) is 36.1 Å². The number of aryl methyl sites for hydroxylation is 1. The number of aromatic nitrogens is 1. The van der Waals surface area contributed by atoms with Crippen molar-refractivity contribution in [2.24, 2.45) is 12.3 Å². The van der Waals surface area contributed by atoms with Gasteiger partial charge in [0.15, 0.2) is 12.4 Å². The second-order valence-electron chi connectivity index (χ2n) is 3.71. The zero-order valence-electron chi connectivity index (χ0n) is 8.64. The predicted octanol–water partition coefficient (Wildman–Crippen LogP) is -1.67. The van der Waals surface area contributed by atoms with E-state index < -0.39 is 0 Å². The van der Waals surface area contributed by atoms with Gasteiger partial charge in [-0.25, -0.2) is 4.57 Å². The number of hydrogen-bond acceptors (Lipinski definition) is 2. The van der Waals surface area contributed by atoms with E-state index in [1.54, 1.807) is 5.01 Å². The first kappa shape index (κ1) is 12.4. The summed E-state index contributed by atoms with van der Waals surface area (Å²) < 4.78 is 2.00. The number of halogens is 1. The molecule has 0 saturated carbocycles. The molecule has 0 radical (unpaired) electrons. The fourth-order valence-electron chi connectivity index (χ4n) is 2.00. The maximum Gasteiger partial charge on any atom is 0.173 e. The highest BCUT2D eigenvalue weighted by Gasteiger charge is 2.27. The smallest absolute Gasteiger partial charge is 0.173 e. The Balaban J connectivity index is 0.00000112. The fourth-order valence-corrected chi connectivity index (χ4v) is 2.00. The van der Waals surface area contributed by atoms with Crippen molar-refractivity contribution in [3.63, 3.8) is 0 Å². The zero-order chi connectivity index (χ0) is 9.97. The van der Waals surface area contributed by atoms with Crippen molar-refractivity contribution >= 4 is 0 Å². The van der Waals surface area contributed by atoms with Gasteiger partial charge in [-0.3, -0.25) is 5.01 Å². The largest absolute Gasteiger partial charge is 1.00 e. The van der Waals surface area contributed by atoms with E-state index >= 15 is 0 Å². The molecular formula is C10H14IN3O. The first-order chi connectivity index (χ1) is 6.81. The molecule has 1 saturated heterocycles. The molecule has 2 heterocycles. The Bertz CT molecular complexity index is 345. The number of pyridine rings is 1. The van der Waals surface area contributed by atoms with Gasteiger partial charge in [0.25, 0.3) is 0 Å². The molecule has 82 valence electrons. The topological polar surface area (TPSA) is 36.5 Å². The van der Waals surface area contributed by atoms with Gasteiger partial charge in [-0.15, -0.1) is 4.91 Å². The number of rotatable bonds is 2. The molecule has 5 heteroatoms. The maximum atomic E-state index is 10.5. The molecule has 1 aromatic rings. The van der Waals surface area contributed by atoms with Crippen LogP contribution in [0.25, 0.3) is 0 Å². The minimum absolute atomic E-state index is 0. The van der Waals surface area contributed by atoms with Crippen molar-refractivity contribution in [1.82, 2.24) is 5.01 Å². The van der Waals surface area contributed by atoms with Gasteiger partial charge in [0.2, 0.25) is 0 Å². The molecule has 1 aliphatic heterocycles. The van der Waals surface area contributed by atoms with Gasteiger partial charge in [-0.1, -0.05) is 0 Å². The second-order valence-corrected chi connectivity index (χ2v) is 3.71. The van der Waals surface area contributed by atoms with Crippen molar-refractivity contribution in [3.05, 3.63) is 35.0 Å². The minimum atomic E-state index is 0. The summed E-state index contributed by atoms with van der Waals surface area (Å²) in [5.41, 5.74) is 1.17. The summed E-state index contributed by atoms with van der Waals surface area (Å²) in [7, 11) is 1.98. The van der Waals surface area contributed by atoms with Gasteiger partial charge in [-0.2, -0.15) is 0 Å². The van der Waals surface area contributed by atoms with E-state index in [2.05, 4.69) is 5.29 Å². The molecule has 1 unspecified atom stereocenters. The van der Waals surface area contributed by atoms with Crippen molar-refractivity contribution in [3.8, 4) is 0 Å². The fraction of sp³-hybridized carbons (Fsp3) is 0.500. The van der Waals surface area contributed by atoms with Crippen LogP contribution in [0, 0.1) is 4.91 Å². The van der Waals surface area contributed by atoms with E-state index in [0.29, 0.717) is 0 Å². The number of nitroso groups, excluding NO2 is 1. The molecule has 1 atom stereocenters. The van der Waals surface area contributed by atoms with Crippen LogP contribution in [-0.4, -0.2) is 11.6 Å². The zero-order valence-corrected chi connectivity index (χ0v) is 10.8. The maximum absolute atomic E-state index is 10.5. The van der Waals surface area contributed by atoms with Gasteiger partial charge in [-0.05, 0) is 18.9 Å². The molecule has 1 aromatic heterocycles. The summed E-state index contributed by atoms with van der Waals surface area (Å²) in [6.07, 6.45) is 6.11. The highest BCUT2D eigenvalue weighted by Crippen LogP contribution is 2.30. The molecule has 0 aliphatic carbocycles. The summed E-state index contributed by atoms with van der Waals surface area (Å²) in [6, 6.07) is 4.23. The van der Waals surface area contributed by atoms with E-state index in [0.717, 1.165) is 19.4 Å². The highest BCUT2D eigenvalue weighted by molar-refractivity contribution is 5.12. The van der Waals surface area contributed by atoms with Gasteiger partial charge >= 0.3 is 0 Å². The highest BCUT2D eigenvalue weighted by atomic mass is 127. The molecular weight excluding hydrogens is 305 g/mol. The van der Waals surface area contributed by atoms with Crippen LogP contribution in [0.3, 0.4) is 0 Å². The quantitative estimate of drug-likeness (QED) is 0.371. The van der Waals surface area contributed by atoms with Crippen LogP contribution in [0.15, 0.2) is 29.8 Å². The molecule has 0 bridgehead atoms. The van der Waals surface area contributed by atoms with Crippen molar-refractivity contribution < 1.29 is 28.5 Å². The van der Waals surface area contributed by atoms with Crippen LogP contribution in [0.2, 0.25) is 0 Å². The Hall–Kier alpha value is -0.720. The standard InChI is InChI=1S/C10H14N3O.HI/c1-12-6-2-4-9(8-12)10-5-3-7-13(10)11-14;/h2,4,6,8,10H,3,5,7H2,1H3;1H/q+1;/p-1. The molecule has 4 nitrogen and oxygen atoms in total. The van der Waals surface area contributed by atoms with Crippen LogP contribution in [0.4, 0.5) is 0 Å². The lowest BCUT2D eigenvalue weighted by Gasteiger charge is -2.16. The SMILES string of the molecule is C[n+]1cccc(C2CCCN2N=O)c1.[I-]. The van der Waals surface area contributed by atoms with E-state index in [-0.39, 0.29) is 30.0 Å². The van der Waals surface area contributed by atoms with Crippen LogP contribution >= 0.6 is 0 Å². The molecule has 1 fully saturated rings. The first-order valence-corrected chi connectivity index (χ1v) is 4.86. The molecule has 15 heavy (non-hydrogen) atoms. The van der Waals surface area contributed by atoms with Crippen LogP contribution < -0.4 is 28.5 Å². The Morgan fingerprint density at radius 1 is 1.60 bits per heavy atom. The average molecular weight is 319 g/mol. The van der Waals surface area contributed by atoms with Gasteiger partial charge in [0.1, 0.15) is 7.05 Å². The molecule has 0 N–H and O–H groups in total. The summed E-state index contributed by atoms with van der Waals surface area (Å²) in [6.45, 7) is 0.784. The van der Waals surface area contributed by atoms with Crippen molar-refractivity contribution in [2.45, 2.75) is 18.9 Å². The van der Waals surface area contributed by atoms with Crippen LogP contribution in [0.5, 0.6) is 0 Å². The second kappa shape index (κ2) is 5.39. The third kappa shape index (κ3) is 2.64. The van der Waals surface area contributed by atoms with Crippen LogP contribution in [-0.2, 0) is 7.05 Å². The minimum Gasteiger partial charge on any atom is -1.00 e. The summed E-state index contributed by atoms with van der Waals surface area (Å²) >= 11 is 0. The molecule has 1 aliphatic rings. The van der Waals surface area contributed by atoms with Crippen LogP contribution in [0.1, 0.15) is 24.4 Å². The lowest BCUT2D eigenvalue weighted by Crippen LogP contribution is -3.00. The Kier molecular flexibility index (Phi) is 4.44. The van der Waals surface area contributed by atoms with Gasteiger partial charge < -0.3 is 24.0 Å². The van der Waals surface area contributed by atoms with Crippen molar-refractivity contribution in [1.29, 1.82) is 0 Å². The predicted molar refractivity (Wildman–Crippen MR) is 52.1 cm³/mol. The lowest BCUT2D eigenvalue weighted by atomic mass is 10.1. The summed E-state index contributed by atoms with van der Waals surface area (Å²) in [5, 5.41) is 4.68. The lowest BCUT2D eigenvalue weighted by molar-refractivity contribution is -0.672. The Labute approximate surface area is 106 Å². The average Bonchev–Trinajstić information content (AvgIpc) is 2.65. The van der Waals surface area contributed by atoms with E-state index in [9.17, 15) is 4.91 Å². The first-order valence-electron chi connectivity index (χ1n) is 4.86. The Morgan fingerprint density at radius 2 is 2.40 bits per heavy atom. The van der Waals surface area contributed by atoms with Crippen molar-refractivity contribution in [2.75, 3.05) is 6.54 Å². The van der Waals surface area contributed by atoms with E-state index in [4.69, 9.17) is 0 Å². The third-order valence-corrected chi connectivity index (χ3v) is 2.68. The molecule has 0 amide bonds. The Morgan fingerprint density at radius 3 is 3.07 bits per heavy atom. The third-order valence-electron chi connectivity index (χ3n) is 2.68. The monoisotopic (exact) mass is 319 g/mol. The molecule has 2 rings (SSSR count). The normalized spacial score (nSPS) is 19.8. The van der Waals surface area contributed by atoms with E-state index in [1.165, 1.54) is 5.56 Å².